The van der Waals surface area contributed by atoms with Gasteiger partial charge in [0.15, 0.2) is 0 Å². The molecule has 1 saturated heterocycles. The first-order valence-corrected chi connectivity index (χ1v) is 7.79. The largest absolute Gasteiger partial charge is 0.449 e. The Balaban J connectivity index is 1.91. The number of rotatable bonds is 6. The van der Waals surface area contributed by atoms with Gasteiger partial charge in [0, 0.05) is 19.6 Å². The van der Waals surface area contributed by atoms with E-state index >= 15 is 0 Å². The molecular weight excluding hydrogens is 270 g/mol. The molecule has 0 atom stereocenters. The van der Waals surface area contributed by atoms with E-state index in [9.17, 15) is 4.79 Å². The fraction of sp³-hybridized carbons (Fsp3) is 0.786. The molecule has 1 fully saturated rings. The van der Waals surface area contributed by atoms with Gasteiger partial charge in [0.2, 0.25) is 0 Å². The summed E-state index contributed by atoms with van der Waals surface area (Å²) in [5.41, 5.74) is 0. The molecule has 1 aliphatic rings. The number of nitrogens with zero attached hydrogens (tertiary/aromatic N) is 5. The minimum absolute atomic E-state index is 0.231. The molecule has 0 N–H and O–H groups in total. The Morgan fingerprint density at radius 2 is 2.14 bits per heavy atom. The average molecular weight is 295 g/mol. The molecule has 0 bridgehead atoms. The number of ether oxygens (including phenoxy) is 1. The number of carbonyl (C=O) groups is 1. The molecule has 1 aromatic heterocycles. The Labute approximate surface area is 125 Å². The van der Waals surface area contributed by atoms with Crippen LogP contribution in [0.15, 0.2) is 12.7 Å². The molecule has 118 valence electrons. The van der Waals surface area contributed by atoms with Gasteiger partial charge in [-0.25, -0.2) is 24.5 Å². The number of amides is 1. The summed E-state index contributed by atoms with van der Waals surface area (Å²) in [5, 5.41) is 8.09. The molecule has 0 spiro atoms. The number of hydrazine groups is 1. The van der Waals surface area contributed by atoms with Gasteiger partial charge < -0.3 is 4.74 Å². The summed E-state index contributed by atoms with van der Waals surface area (Å²) in [7, 11) is 0. The molecular formula is C14H25N5O2. The van der Waals surface area contributed by atoms with E-state index in [0.717, 1.165) is 45.3 Å². The Bertz CT molecular complexity index is 415. The van der Waals surface area contributed by atoms with Crippen molar-refractivity contribution < 1.29 is 9.53 Å². The second kappa shape index (κ2) is 7.97. The van der Waals surface area contributed by atoms with E-state index in [-0.39, 0.29) is 6.09 Å². The second-order valence-electron chi connectivity index (χ2n) is 5.24. The van der Waals surface area contributed by atoms with Crippen molar-refractivity contribution in [3.63, 3.8) is 0 Å². The maximum Gasteiger partial charge on any atom is 0.424 e. The van der Waals surface area contributed by atoms with Crippen LogP contribution in [0.4, 0.5) is 4.79 Å². The molecule has 2 rings (SSSR count). The van der Waals surface area contributed by atoms with Gasteiger partial charge in [-0.3, -0.25) is 0 Å². The number of carbonyl (C=O) groups excluding carboxylic acids is 1. The standard InChI is InChI=1S/C14H25N5O2/c1-3-5-8-19(14(20)21-4-2)17-9-6-13(7-10-17)18-12-15-11-16-18/h11-13H,3-10H2,1-2H3. The molecule has 0 aliphatic carbocycles. The van der Waals surface area contributed by atoms with Gasteiger partial charge in [-0.15, -0.1) is 0 Å². The predicted octanol–water partition coefficient (Wildman–Crippen LogP) is 2.09. The summed E-state index contributed by atoms with van der Waals surface area (Å²) in [4.78, 5) is 16.1. The van der Waals surface area contributed by atoms with Crippen LogP contribution in [0.3, 0.4) is 0 Å². The highest BCUT2D eigenvalue weighted by Crippen LogP contribution is 2.22. The highest BCUT2D eigenvalue weighted by Gasteiger charge is 2.28. The van der Waals surface area contributed by atoms with Gasteiger partial charge >= 0.3 is 6.09 Å². The SMILES string of the molecule is CCCCN(C(=O)OCC)N1CCC(n2cncn2)CC1. The quantitative estimate of drug-likeness (QED) is 0.804. The number of hydrogen-bond donors (Lipinski definition) is 0. The van der Waals surface area contributed by atoms with Crippen LogP contribution in [-0.2, 0) is 4.74 Å². The fourth-order valence-electron chi connectivity index (χ4n) is 2.62. The molecule has 21 heavy (non-hydrogen) atoms. The Morgan fingerprint density at radius 3 is 2.71 bits per heavy atom. The maximum atomic E-state index is 12.1. The minimum atomic E-state index is -0.231. The zero-order chi connectivity index (χ0) is 15.1. The number of aromatic nitrogens is 3. The monoisotopic (exact) mass is 295 g/mol. The summed E-state index contributed by atoms with van der Waals surface area (Å²) in [6, 6.07) is 0.374. The highest BCUT2D eigenvalue weighted by atomic mass is 16.6. The number of piperidine rings is 1. The summed E-state index contributed by atoms with van der Waals surface area (Å²) >= 11 is 0. The van der Waals surface area contributed by atoms with Crippen molar-refractivity contribution >= 4 is 6.09 Å². The van der Waals surface area contributed by atoms with E-state index in [0.29, 0.717) is 12.6 Å². The summed E-state index contributed by atoms with van der Waals surface area (Å²) in [6.45, 7) is 6.79. The third-order valence-electron chi connectivity index (χ3n) is 3.80. The van der Waals surface area contributed by atoms with Crippen LogP contribution in [0.5, 0.6) is 0 Å². The van der Waals surface area contributed by atoms with E-state index in [1.807, 2.05) is 11.6 Å². The van der Waals surface area contributed by atoms with Crippen LogP contribution in [0.2, 0.25) is 0 Å². The van der Waals surface area contributed by atoms with Crippen LogP contribution in [0.25, 0.3) is 0 Å². The molecule has 1 amide bonds. The molecule has 7 heteroatoms. The van der Waals surface area contributed by atoms with Gasteiger partial charge in [-0.05, 0) is 26.2 Å². The lowest BCUT2D eigenvalue weighted by Gasteiger charge is -2.38. The zero-order valence-corrected chi connectivity index (χ0v) is 12.9. The first-order chi connectivity index (χ1) is 10.3. The van der Waals surface area contributed by atoms with Crippen molar-refractivity contribution in [3.05, 3.63) is 12.7 Å². The van der Waals surface area contributed by atoms with Crippen molar-refractivity contribution in [2.45, 2.75) is 45.6 Å². The van der Waals surface area contributed by atoms with E-state index in [1.165, 1.54) is 0 Å². The minimum Gasteiger partial charge on any atom is -0.449 e. The molecule has 7 nitrogen and oxygen atoms in total. The smallest absolute Gasteiger partial charge is 0.424 e. The lowest BCUT2D eigenvalue weighted by Crippen LogP contribution is -2.50. The van der Waals surface area contributed by atoms with Crippen LogP contribution < -0.4 is 0 Å². The summed E-state index contributed by atoms with van der Waals surface area (Å²) < 4.78 is 7.09. The van der Waals surface area contributed by atoms with E-state index in [2.05, 4.69) is 22.0 Å². The van der Waals surface area contributed by atoms with Crippen molar-refractivity contribution in [1.82, 2.24) is 24.8 Å². The average Bonchev–Trinajstić information content (AvgIpc) is 3.03. The molecule has 0 unspecified atom stereocenters. The maximum absolute atomic E-state index is 12.1. The van der Waals surface area contributed by atoms with Gasteiger partial charge in [0.05, 0.1) is 12.6 Å². The Kier molecular flexibility index (Phi) is 5.98. The highest BCUT2D eigenvalue weighted by molar-refractivity contribution is 5.66. The normalized spacial score (nSPS) is 16.9. The van der Waals surface area contributed by atoms with Gasteiger partial charge in [0.1, 0.15) is 12.7 Å². The van der Waals surface area contributed by atoms with Crippen molar-refractivity contribution in [1.29, 1.82) is 0 Å². The lowest BCUT2D eigenvalue weighted by molar-refractivity contribution is -0.0415. The topological polar surface area (TPSA) is 63.5 Å². The predicted molar refractivity (Wildman–Crippen MR) is 78.5 cm³/mol. The van der Waals surface area contributed by atoms with Crippen LogP contribution >= 0.6 is 0 Å². The zero-order valence-electron chi connectivity index (χ0n) is 12.9. The second-order valence-corrected chi connectivity index (χ2v) is 5.24. The number of hydrogen-bond acceptors (Lipinski definition) is 5. The first kappa shape index (κ1) is 15.8. The van der Waals surface area contributed by atoms with E-state index < -0.39 is 0 Å². The molecule has 0 saturated carbocycles. The van der Waals surface area contributed by atoms with Crippen LogP contribution in [-0.4, -0.2) is 57.1 Å². The Hall–Kier alpha value is -1.63. The fourth-order valence-corrected chi connectivity index (χ4v) is 2.62. The van der Waals surface area contributed by atoms with Gasteiger partial charge in [-0.1, -0.05) is 13.3 Å². The Morgan fingerprint density at radius 1 is 1.38 bits per heavy atom. The summed E-state index contributed by atoms with van der Waals surface area (Å²) in [6.07, 6.45) is 7.08. The third-order valence-corrected chi connectivity index (χ3v) is 3.80. The van der Waals surface area contributed by atoms with Gasteiger partial charge in [0.25, 0.3) is 0 Å². The molecule has 1 aromatic rings. The molecule has 0 aromatic carbocycles. The summed E-state index contributed by atoms with van der Waals surface area (Å²) in [5.74, 6) is 0. The first-order valence-electron chi connectivity index (χ1n) is 7.79. The van der Waals surface area contributed by atoms with Crippen LogP contribution in [0, 0.1) is 0 Å². The molecule has 0 radical (unpaired) electrons. The van der Waals surface area contributed by atoms with Crippen molar-refractivity contribution in [2.24, 2.45) is 0 Å². The molecule has 1 aliphatic heterocycles. The lowest BCUT2D eigenvalue weighted by atomic mass is 10.1. The van der Waals surface area contributed by atoms with Crippen molar-refractivity contribution in [3.8, 4) is 0 Å². The van der Waals surface area contributed by atoms with Gasteiger partial charge in [-0.2, -0.15) is 5.10 Å². The van der Waals surface area contributed by atoms with E-state index in [1.54, 1.807) is 17.7 Å². The van der Waals surface area contributed by atoms with Crippen LogP contribution in [0.1, 0.15) is 45.6 Å². The number of unbranched alkanes of at least 4 members (excludes halogenated alkanes) is 1. The van der Waals surface area contributed by atoms with E-state index in [4.69, 9.17) is 4.74 Å². The molecule has 2 heterocycles. The third kappa shape index (κ3) is 4.17. The van der Waals surface area contributed by atoms with Crippen molar-refractivity contribution in [2.75, 3.05) is 26.2 Å².